The van der Waals surface area contributed by atoms with E-state index in [1.807, 2.05) is 14.0 Å². The quantitative estimate of drug-likeness (QED) is 0.641. The second-order valence-corrected chi connectivity index (χ2v) is 5.36. The minimum absolute atomic E-state index is 0.145. The Hall–Kier alpha value is -0.610. The summed E-state index contributed by atoms with van der Waals surface area (Å²) in [7, 11) is 1.81. The first-order valence-electron chi connectivity index (χ1n) is 7.00. The molecule has 18 heavy (non-hydrogen) atoms. The van der Waals surface area contributed by atoms with Crippen LogP contribution in [0.15, 0.2) is 0 Å². The van der Waals surface area contributed by atoms with Crippen LogP contribution >= 0.6 is 0 Å². The molecule has 0 amide bonds. The lowest BCUT2D eigenvalue weighted by molar-refractivity contribution is -0.145. The first-order valence-corrected chi connectivity index (χ1v) is 7.00. The summed E-state index contributed by atoms with van der Waals surface area (Å²) >= 11 is 0. The first kappa shape index (κ1) is 17.4. The van der Waals surface area contributed by atoms with Gasteiger partial charge in [0.05, 0.1) is 6.61 Å². The van der Waals surface area contributed by atoms with E-state index in [1.165, 1.54) is 0 Å². The van der Waals surface area contributed by atoms with E-state index in [0.717, 1.165) is 19.5 Å². The maximum Gasteiger partial charge on any atom is 0.323 e. The minimum atomic E-state index is -0.196. The summed E-state index contributed by atoms with van der Waals surface area (Å²) in [6.07, 6.45) is 0.792. The van der Waals surface area contributed by atoms with Crippen LogP contribution in [0.1, 0.15) is 41.0 Å². The van der Waals surface area contributed by atoms with Crippen LogP contribution in [0.5, 0.6) is 0 Å². The number of esters is 1. The molecule has 0 aliphatic heterocycles. The number of carbonyl (C=O) groups is 1. The zero-order valence-corrected chi connectivity index (χ0v) is 12.8. The van der Waals surface area contributed by atoms with Crippen LogP contribution in [0, 0.1) is 5.92 Å². The Labute approximate surface area is 112 Å². The predicted molar refractivity (Wildman–Crippen MR) is 75.6 cm³/mol. The number of ether oxygens (including phenoxy) is 1. The van der Waals surface area contributed by atoms with E-state index >= 15 is 0 Å². The molecule has 0 spiro atoms. The Morgan fingerprint density at radius 1 is 1.28 bits per heavy atom. The first-order chi connectivity index (χ1) is 8.42. The monoisotopic (exact) mass is 258 g/mol. The summed E-state index contributed by atoms with van der Waals surface area (Å²) in [6.45, 7) is 13.1. The second kappa shape index (κ2) is 9.34. The van der Waals surface area contributed by atoms with Crippen LogP contribution in [-0.4, -0.2) is 49.7 Å². The van der Waals surface area contributed by atoms with Gasteiger partial charge in [0.25, 0.3) is 0 Å². The van der Waals surface area contributed by atoms with Gasteiger partial charge >= 0.3 is 5.97 Å². The molecule has 0 radical (unpaired) electrons. The Bertz CT molecular complexity index is 230. The lowest BCUT2D eigenvalue weighted by Crippen LogP contribution is -2.41. The van der Waals surface area contributed by atoms with Crippen LogP contribution in [0.25, 0.3) is 0 Å². The molecule has 0 aliphatic carbocycles. The number of likely N-dealkylation sites (N-methyl/N-ethyl adjacent to an activating group) is 1. The van der Waals surface area contributed by atoms with E-state index in [1.54, 1.807) is 0 Å². The van der Waals surface area contributed by atoms with Gasteiger partial charge in [-0.1, -0.05) is 13.8 Å². The van der Waals surface area contributed by atoms with Crippen LogP contribution < -0.4 is 5.32 Å². The molecule has 0 aromatic heterocycles. The van der Waals surface area contributed by atoms with Crippen molar-refractivity contribution in [3.63, 3.8) is 0 Å². The molecule has 108 valence electrons. The van der Waals surface area contributed by atoms with Gasteiger partial charge in [-0.05, 0) is 40.2 Å². The second-order valence-electron chi connectivity index (χ2n) is 5.36. The average molecular weight is 258 g/mol. The number of nitrogens with zero attached hydrogens (tertiary/aromatic N) is 1. The standard InChI is InChI=1S/C14H30N2O2/c1-7-18-14(17)13(15-6)8-9-16(12(4)5)10-11(2)3/h11-13,15H,7-10H2,1-6H3. The van der Waals surface area contributed by atoms with Gasteiger partial charge in [-0.2, -0.15) is 0 Å². The molecule has 0 saturated heterocycles. The highest BCUT2D eigenvalue weighted by molar-refractivity contribution is 5.75. The molecule has 0 saturated carbocycles. The molecular formula is C14H30N2O2. The fourth-order valence-corrected chi connectivity index (χ4v) is 1.95. The molecule has 1 atom stereocenters. The van der Waals surface area contributed by atoms with Crippen LogP contribution in [0.4, 0.5) is 0 Å². The lowest BCUT2D eigenvalue weighted by Gasteiger charge is -2.29. The number of hydrogen-bond acceptors (Lipinski definition) is 4. The van der Waals surface area contributed by atoms with Gasteiger partial charge < -0.3 is 15.0 Å². The van der Waals surface area contributed by atoms with E-state index in [0.29, 0.717) is 18.6 Å². The molecule has 0 rings (SSSR count). The molecule has 0 heterocycles. The van der Waals surface area contributed by atoms with Gasteiger partial charge in [-0.25, -0.2) is 0 Å². The minimum Gasteiger partial charge on any atom is -0.465 e. The van der Waals surface area contributed by atoms with E-state index in [4.69, 9.17) is 4.74 Å². The number of rotatable bonds is 9. The highest BCUT2D eigenvalue weighted by Crippen LogP contribution is 2.07. The van der Waals surface area contributed by atoms with Crippen molar-refractivity contribution in [2.24, 2.45) is 5.92 Å². The van der Waals surface area contributed by atoms with Gasteiger partial charge in [0.1, 0.15) is 6.04 Å². The van der Waals surface area contributed by atoms with Gasteiger partial charge in [-0.15, -0.1) is 0 Å². The number of nitrogens with one attached hydrogen (secondary N) is 1. The van der Waals surface area contributed by atoms with E-state index in [9.17, 15) is 4.79 Å². The van der Waals surface area contributed by atoms with Crippen molar-refractivity contribution in [1.82, 2.24) is 10.2 Å². The zero-order chi connectivity index (χ0) is 14.1. The van der Waals surface area contributed by atoms with Crippen molar-refractivity contribution in [2.45, 2.75) is 53.1 Å². The summed E-state index contributed by atoms with van der Waals surface area (Å²) in [5.41, 5.74) is 0. The van der Waals surface area contributed by atoms with E-state index < -0.39 is 0 Å². The fourth-order valence-electron chi connectivity index (χ4n) is 1.95. The SMILES string of the molecule is CCOC(=O)C(CCN(CC(C)C)C(C)C)NC. The molecule has 1 N–H and O–H groups in total. The normalized spacial score (nSPS) is 13.4. The largest absolute Gasteiger partial charge is 0.465 e. The maximum absolute atomic E-state index is 11.7. The fraction of sp³-hybridized carbons (Fsp3) is 0.929. The van der Waals surface area contributed by atoms with Gasteiger partial charge in [-0.3, -0.25) is 4.79 Å². The van der Waals surface area contributed by atoms with Crippen LogP contribution in [0.3, 0.4) is 0 Å². The molecule has 1 unspecified atom stereocenters. The Morgan fingerprint density at radius 3 is 2.28 bits per heavy atom. The Balaban J connectivity index is 4.25. The molecule has 0 aliphatic rings. The third-order valence-electron chi connectivity index (χ3n) is 2.95. The van der Waals surface area contributed by atoms with Crippen LogP contribution in [0.2, 0.25) is 0 Å². The topological polar surface area (TPSA) is 41.6 Å². The van der Waals surface area contributed by atoms with E-state index in [2.05, 4.69) is 37.9 Å². The summed E-state index contributed by atoms with van der Waals surface area (Å²) in [5, 5.41) is 3.03. The van der Waals surface area contributed by atoms with Crippen molar-refractivity contribution in [3.8, 4) is 0 Å². The highest BCUT2D eigenvalue weighted by Gasteiger charge is 2.20. The molecule has 0 aromatic carbocycles. The van der Waals surface area contributed by atoms with Crippen molar-refractivity contribution < 1.29 is 9.53 Å². The molecular weight excluding hydrogens is 228 g/mol. The number of hydrogen-bond donors (Lipinski definition) is 1. The van der Waals surface area contributed by atoms with E-state index in [-0.39, 0.29) is 12.0 Å². The van der Waals surface area contributed by atoms with Crippen molar-refractivity contribution in [3.05, 3.63) is 0 Å². The predicted octanol–water partition coefficient (Wildman–Crippen LogP) is 1.89. The summed E-state index contributed by atoms with van der Waals surface area (Å²) in [6, 6.07) is 0.311. The molecule has 0 fully saturated rings. The molecule has 0 bridgehead atoms. The summed E-state index contributed by atoms with van der Waals surface area (Å²) < 4.78 is 5.05. The Morgan fingerprint density at radius 2 is 1.89 bits per heavy atom. The van der Waals surface area contributed by atoms with Crippen molar-refractivity contribution >= 4 is 5.97 Å². The zero-order valence-electron chi connectivity index (χ0n) is 12.8. The summed E-state index contributed by atoms with van der Waals surface area (Å²) in [4.78, 5) is 14.1. The number of carbonyl (C=O) groups excluding carboxylic acids is 1. The molecule has 4 nitrogen and oxygen atoms in total. The smallest absolute Gasteiger partial charge is 0.323 e. The maximum atomic E-state index is 11.7. The van der Waals surface area contributed by atoms with Gasteiger partial charge in [0.2, 0.25) is 0 Å². The molecule has 4 heteroatoms. The average Bonchev–Trinajstić information content (AvgIpc) is 2.27. The van der Waals surface area contributed by atoms with Crippen molar-refractivity contribution in [2.75, 3.05) is 26.7 Å². The molecule has 0 aromatic rings. The van der Waals surface area contributed by atoms with Crippen LogP contribution in [-0.2, 0) is 9.53 Å². The third kappa shape index (κ3) is 6.97. The van der Waals surface area contributed by atoms with Gasteiger partial charge in [0.15, 0.2) is 0 Å². The third-order valence-corrected chi connectivity index (χ3v) is 2.95. The van der Waals surface area contributed by atoms with Gasteiger partial charge in [0, 0.05) is 19.1 Å². The summed E-state index contributed by atoms with van der Waals surface area (Å²) in [5.74, 6) is 0.497. The van der Waals surface area contributed by atoms with Crippen molar-refractivity contribution in [1.29, 1.82) is 0 Å². The highest BCUT2D eigenvalue weighted by atomic mass is 16.5. The Kier molecular flexibility index (Phi) is 9.02. The lowest BCUT2D eigenvalue weighted by atomic mass is 10.1.